The number of hydrogen-bond acceptors (Lipinski definition) is 5. The van der Waals surface area contributed by atoms with Crippen LogP contribution in [0.4, 0.5) is 9.59 Å². The maximum atomic E-state index is 11.8. The number of β-amino-alcohol motifs (C(OH)–C–C–N with tert-alkyl or cyclic N) is 1. The van der Waals surface area contributed by atoms with E-state index in [1.54, 1.807) is 20.8 Å². The van der Waals surface area contributed by atoms with Crippen molar-refractivity contribution >= 4 is 12.2 Å². The lowest BCUT2D eigenvalue weighted by Gasteiger charge is -2.46. The van der Waals surface area contributed by atoms with Crippen molar-refractivity contribution in [2.45, 2.75) is 38.6 Å². The number of carbonyl (C=O) groups is 2. The summed E-state index contributed by atoms with van der Waals surface area (Å²) >= 11 is 0. The molecule has 0 aromatic heterocycles. The molecular formula is C17H24N2O5. The first-order valence-corrected chi connectivity index (χ1v) is 7.82. The van der Waals surface area contributed by atoms with Gasteiger partial charge in [-0.3, -0.25) is 0 Å². The van der Waals surface area contributed by atoms with Gasteiger partial charge in [-0.05, 0) is 26.3 Å². The Morgan fingerprint density at radius 1 is 1.25 bits per heavy atom. The van der Waals surface area contributed by atoms with Gasteiger partial charge >= 0.3 is 12.2 Å². The van der Waals surface area contributed by atoms with Gasteiger partial charge < -0.3 is 24.8 Å². The van der Waals surface area contributed by atoms with Crippen molar-refractivity contribution in [2.75, 3.05) is 19.6 Å². The summed E-state index contributed by atoms with van der Waals surface area (Å²) in [7, 11) is 0. The Bertz CT molecular complexity index is 576. The smallest absolute Gasteiger partial charge is 0.410 e. The minimum Gasteiger partial charge on any atom is -0.445 e. The molecule has 1 heterocycles. The number of amides is 2. The summed E-state index contributed by atoms with van der Waals surface area (Å²) in [4.78, 5) is 24.9. The van der Waals surface area contributed by atoms with Crippen LogP contribution < -0.4 is 5.32 Å². The number of ether oxygens (including phenoxy) is 2. The number of likely N-dealkylation sites (tertiary alicyclic amines) is 1. The molecule has 0 unspecified atom stereocenters. The average Bonchev–Trinajstić information content (AvgIpc) is 2.47. The quantitative estimate of drug-likeness (QED) is 0.877. The standard InChI is InChI=1S/C17H24N2O5/c1-16(2,3)24-15(21)19-11-17(22,12-19)10-18-14(20)23-9-13-7-5-4-6-8-13/h4-8,22H,9-12H2,1-3H3,(H,18,20). The van der Waals surface area contributed by atoms with Crippen molar-refractivity contribution < 1.29 is 24.2 Å². The van der Waals surface area contributed by atoms with Gasteiger partial charge in [-0.15, -0.1) is 0 Å². The normalized spacial score (nSPS) is 16.1. The van der Waals surface area contributed by atoms with Gasteiger partial charge in [0, 0.05) is 0 Å². The van der Waals surface area contributed by atoms with Crippen LogP contribution >= 0.6 is 0 Å². The highest BCUT2D eigenvalue weighted by molar-refractivity contribution is 5.70. The van der Waals surface area contributed by atoms with Crippen LogP contribution in [-0.4, -0.2) is 53.0 Å². The molecule has 1 fully saturated rings. The minimum absolute atomic E-state index is 0.0138. The lowest BCUT2D eigenvalue weighted by Crippen LogP contribution is -2.68. The Hall–Kier alpha value is -2.28. The second kappa shape index (κ2) is 7.09. The van der Waals surface area contributed by atoms with Crippen LogP contribution in [0.5, 0.6) is 0 Å². The van der Waals surface area contributed by atoms with Crippen molar-refractivity contribution in [2.24, 2.45) is 0 Å². The first-order valence-electron chi connectivity index (χ1n) is 7.82. The fourth-order valence-corrected chi connectivity index (χ4v) is 2.24. The second-order valence-electron chi connectivity index (χ2n) is 6.98. The maximum absolute atomic E-state index is 11.8. The Labute approximate surface area is 141 Å². The zero-order chi connectivity index (χ0) is 17.8. The van der Waals surface area contributed by atoms with Crippen molar-refractivity contribution in [1.29, 1.82) is 0 Å². The Kier molecular flexibility index (Phi) is 5.33. The molecule has 0 bridgehead atoms. The SMILES string of the molecule is CC(C)(C)OC(=O)N1CC(O)(CNC(=O)OCc2ccccc2)C1. The highest BCUT2D eigenvalue weighted by atomic mass is 16.6. The molecule has 0 saturated carbocycles. The number of carbonyl (C=O) groups excluding carboxylic acids is 2. The van der Waals surface area contributed by atoms with Gasteiger partial charge in [-0.2, -0.15) is 0 Å². The molecule has 2 amide bonds. The largest absolute Gasteiger partial charge is 0.445 e. The topological polar surface area (TPSA) is 88.1 Å². The van der Waals surface area contributed by atoms with Crippen molar-refractivity contribution in [3.63, 3.8) is 0 Å². The molecule has 0 aliphatic carbocycles. The summed E-state index contributed by atoms with van der Waals surface area (Å²) in [6, 6.07) is 9.31. The molecule has 1 aliphatic rings. The molecule has 0 atom stereocenters. The van der Waals surface area contributed by atoms with Crippen LogP contribution in [-0.2, 0) is 16.1 Å². The number of nitrogens with one attached hydrogen (secondary N) is 1. The molecule has 0 spiro atoms. The van der Waals surface area contributed by atoms with E-state index in [2.05, 4.69) is 5.32 Å². The summed E-state index contributed by atoms with van der Waals surface area (Å²) in [6.07, 6.45) is -1.08. The summed E-state index contributed by atoms with van der Waals surface area (Å²) < 4.78 is 10.3. The first kappa shape index (κ1) is 18.1. The summed E-state index contributed by atoms with van der Waals surface area (Å²) in [5.41, 5.74) is -0.849. The van der Waals surface area contributed by atoms with E-state index < -0.39 is 23.4 Å². The lowest BCUT2D eigenvalue weighted by molar-refractivity contribution is -0.0953. The monoisotopic (exact) mass is 336 g/mol. The number of aliphatic hydroxyl groups is 1. The average molecular weight is 336 g/mol. The number of hydrogen-bond donors (Lipinski definition) is 2. The number of nitrogens with zero attached hydrogens (tertiary/aromatic N) is 1. The Morgan fingerprint density at radius 3 is 2.46 bits per heavy atom. The van der Waals surface area contributed by atoms with E-state index >= 15 is 0 Å². The molecule has 2 rings (SSSR count). The molecule has 1 aromatic carbocycles. The van der Waals surface area contributed by atoms with Crippen molar-refractivity contribution in [3.8, 4) is 0 Å². The molecule has 1 aromatic rings. The zero-order valence-corrected chi connectivity index (χ0v) is 14.2. The second-order valence-corrected chi connectivity index (χ2v) is 6.98. The van der Waals surface area contributed by atoms with E-state index in [-0.39, 0.29) is 26.2 Å². The van der Waals surface area contributed by atoms with E-state index in [0.29, 0.717) is 0 Å². The van der Waals surface area contributed by atoms with E-state index in [0.717, 1.165) is 5.56 Å². The summed E-state index contributed by atoms with van der Waals surface area (Å²) in [5, 5.41) is 12.8. The molecule has 0 radical (unpaired) electrons. The fourth-order valence-electron chi connectivity index (χ4n) is 2.24. The third-order valence-corrected chi connectivity index (χ3v) is 3.40. The van der Waals surface area contributed by atoms with Crippen LogP contribution in [0.15, 0.2) is 30.3 Å². The highest BCUT2D eigenvalue weighted by Crippen LogP contribution is 2.22. The van der Waals surface area contributed by atoms with E-state index in [4.69, 9.17) is 9.47 Å². The van der Waals surface area contributed by atoms with Crippen LogP contribution in [0.2, 0.25) is 0 Å². The van der Waals surface area contributed by atoms with Gasteiger partial charge in [0.15, 0.2) is 0 Å². The molecule has 1 aliphatic heterocycles. The van der Waals surface area contributed by atoms with Gasteiger partial charge in [0.1, 0.15) is 17.8 Å². The van der Waals surface area contributed by atoms with Gasteiger partial charge in [0.05, 0.1) is 19.6 Å². The predicted molar refractivity (Wildman–Crippen MR) is 87.4 cm³/mol. The van der Waals surface area contributed by atoms with Gasteiger partial charge in [0.2, 0.25) is 0 Å². The number of benzene rings is 1. The van der Waals surface area contributed by atoms with Crippen molar-refractivity contribution in [3.05, 3.63) is 35.9 Å². The molecule has 2 N–H and O–H groups in total. The third-order valence-electron chi connectivity index (χ3n) is 3.40. The summed E-state index contributed by atoms with van der Waals surface area (Å²) in [6.45, 7) is 5.74. The van der Waals surface area contributed by atoms with Gasteiger partial charge in [-0.1, -0.05) is 30.3 Å². The van der Waals surface area contributed by atoms with Gasteiger partial charge in [0.25, 0.3) is 0 Å². The highest BCUT2D eigenvalue weighted by Gasteiger charge is 2.45. The van der Waals surface area contributed by atoms with E-state index in [1.807, 2.05) is 30.3 Å². The number of alkyl carbamates (subject to hydrolysis) is 1. The molecule has 1 saturated heterocycles. The minimum atomic E-state index is -1.15. The lowest BCUT2D eigenvalue weighted by atomic mass is 9.95. The van der Waals surface area contributed by atoms with E-state index in [1.165, 1.54) is 4.90 Å². The summed E-state index contributed by atoms with van der Waals surface area (Å²) in [5.74, 6) is 0. The molecule has 7 nitrogen and oxygen atoms in total. The van der Waals surface area contributed by atoms with Crippen LogP contribution in [0.3, 0.4) is 0 Å². The fraction of sp³-hybridized carbons (Fsp3) is 0.529. The molecule has 132 valence electrons. The first-order chi connectivity index (χ1) is 11.2. The third kappa shape index (κ3) is 5.42. The molecule has 24 heavy (non-hydrogen) atoms. The van der Waals surface area contributed by atoms with Crippen LogP contribution in [0, 0.1) is 0 Å². The Balaban J connectivity index is 1.67. The zero-order valence-electron chi connectivity index (χ0n) is 14.2. The van der Waals surface area contributed by atoms with Crippen LogP contribution in [0.25, 0.3) is 0 Å². The predicted octanol–water partition coefficient (Wildman–Crippen LogP) is 1.89. The number of rotatable bonds is 4. The molecular weight excluding hydrogens is 312 g/mol. The van der Waals surface area contributed by atoms with Gasteiger partial charge in [-0.25, -0.2) is 9.59 Å². The van der Waals surface area contributed by atoms with Crippen LogP contribution in [0.1, 0.15) is 26.3 Å². The molecule has 7 heteroatoms. The van der Waals surface area contributed by atoms with Crippen molar-refractivity contribution in [1.82, 2.24) is 10.2 Å². The maximum Gasteiger partial charge on any atom is 0.410 e. The van der Waals surface area contributed by atoms with E-state index in [9.17, 15) is 14.7 Å². The Morgan fingerprint density at radius 2 is 1.88 bits per heavy atom.